The standard InChI is InChI=1S/C14H15FN2O3S2/c1-10(18)16-9-8-13-6-7-14(21-13)22(19,20)17-12-4-2-11(15)3-5-12/h2-7,17H,8-9H2,1H3,(H,16,18). The summed E-state index contributed by atoms with van der Waals surface area (Å²) < 4.78 is 39.8. The molecule has 0 atom stereocenters. The predicted molar refractivity (Wildman–Crippen MR) is 83.9 cm³/mol. The molecule has 2 N–H and O–H groups in total. The summed E-state index contributed by atoms with van der Waals surface area (Å²) in [4.78, 5) is 11.6. The van der Waals surface area contributed by atoms with Crippen molar-refractivity contribution in [1.82, 2.24) is 5.32 Å². The maximum absolute atomic E-state index is 12.8. The molecule has 0 bridgehead atoms. The van der Waals surface area contributed by atoms with Crippen molar-refractivity contribution in [2.24, 2.45) is 0 Å². The minimum atomic E-state index is -3.69. The molecule has 1 amide bonds. The molecular weight excluding hydrogens is 327 g/mol. The van der Waals surface area contributed by atoms with Gasteiger partial charge in [-0.05, 0) is 42.8 Å². The van der Waals surface area contributed by atoms with E-state index in [1.807, 2.05) is 0 Å². The number of anilines is 1. The van der Waals surface area contributed by atoms with E-state index in [4.69, 9.17) is 0 Å². The number of thiophene rings is 1. The first-order valence-electron chi connectivity index (χ1n) is 6.48. The molecule has 118 valence electrons. The zero-order valence-corrected chi connectivity index (χ0v) is 13.4. The highest BCUT2D eigenvalue weighted by Crippen LogP contribution is 2.24. The van der Waals surface area contributed by atoms with Gasteiger partial charge in [0.2, 0.25) is 5.91 Å². The van der Waals surface area contributed by atoms with E-state index < -0.39 is 15.8 Å². The number of hydrogen-bond acceptors (Lipinski definition) is 4. The summed E-state index contributed by atoms with van der Waals surface area (Å²) in [6.45, 7) is 1.89. The molecule has 2 rings (SSSR count). The quantitative estimate of drug-likeness (QED) is 0.846. The van der Waals surface area contributed by atoms with Gasteiger partial charge in [-0.2, -0.15) is 0 Å². The van der Waals surface area contributed by atoms with Crippen LogP contribution >= 0.6 is 11.3 Å². The number of amides is 1. The van der Waals surface area contributed by atoms with E-state index in [0.29, 0.717) is 18.7 Å². The van der Waals surface area contributed by atoms with Gasteiger partial charge in [-0.15, -0.1) is 11.3 Å². The Labute approximate surface area is 132 Å². The van der Waals surface area contributed by atoms with Gasteiger partial charge in [0.15, 0.2) is 0 Å². The van der Waals surface area contributed by atoms with Gasteiger partial charge >= 0.3 is 0 Å². The summed E-state index contributed by atoms with van der Waals surface area (Å²) in [5.74, 6) is -0.554. The zero-order chi connectivity index (χ0) is 16.2. The Bertz CT molecular complexity index is 755. The summed E-state index contributed by atoms with van der Waals surface area (Å²) in [5.41, 5.74) is 0.301. The van der Waals surface area contributed by atoms with Gasteiger partial charge < -0.3 is 5.32 Å². The van der Waals surface area contributed by atoms with Crippen molar-refractivity contribution in [3.8, 4) is 0 Å². The van der Waals surface area contributed by atoms with Gasteiger partial charge in [0.05, 0.1) is 0 Å². The first-order chi connectivity index (χ1) is 10.4. The average Bonchev–Trinajstić information content (AvgIpc) is 2.90. The highest BCUT2D eigenvalue weighted by atomic mass is 32.2. The van der Waals surface area contributed by atoms with Crippen molar-refractivity contribution in [3.63, 3.8) is 0 Å². The molecule has 0 saturated carbocycles. The third-order valence-corrected chi connectivity index (χ3v) is 5.76. The fraction of sp³-hybridized carbons (Fsp3) is 0.214. The predicted octanol–water partition coefficient (Wildman–Crippen LogP) is 2.37. The molecule has 0 unspecified atom stereocenters. The highest BCUT2D eigenvalue weighted by molar-refractivity contribution is 7.94. The van der Waals surface area contributed by atoms with Crippen molar-refractivity contribution in [2.75, 3.05) is 11.3 Å². The lowest BCUT2D eigenvalue weighted by atomic mass is 10.3. The second kappa shape index (κ2) is 6.89. The molecule has 1 aromatic heterocycles. The van der Waals surface area contributed by atoms with Crippen LogP contribution in [0.15, 0.2) is 40.6 Å². The van der Waals surface area contributed by atoms with Crippen molar-refractivity contribution in [1.29, 1.82) is 0 Å². The van der Waals surface area contributed by atoms with Crippen LogP contribution in [0.2, 0.25) is 0 Å². The Balaban J connectivity index is 2.05. The van der Waals surface area contributed by atoms with Gasteiger partial charge in [0.1, 0.15) is 10.0 Å². The van der Waals surface area contributed by atoms with Crippen LogP contribution in [0.3, 0.4) is 0 Å². The van der Waals surface area contributed by atoms with Gasteiger partial charge in [-0.1, -0.05) is 0 Å². The minimum Gasteiger partial charge on any atom is -0.356 e. The Morgan fingerprint density at radius 3 is 2.50 bits per heavy atom. The van der Waals surface area contributed by atoms with E-state index in [0.717, 1.165) is 16.2 Å². The number of nitrogens with one attached hydrogen (secondary N) is 2. The molecule has 0 saturated heterocycles. The third-order valence-electron chi connectivity index (χ3n) is 2.74. The molecule has 0 radical (unpaired) electrons. The number of carbonyl (C=O) groups is 1. The van der Waals surface area contributed by atoms with Crippen LogP contribution in [0.25, 0.3) is 0 Å². The van der Waals surface area contributed by atoms with E-state index in [1.165, 1.54) is 37.3 Å². The van der Waals surface area contributed by atoms with Crippen LogP contribution in [0.5, 0.6) is 0 Å². The monoisotopic (exact) mass is 342 g/mol. The fourth-order valence-electron chi connectivity index (χ4n) is 1.72. The second-order valence-electron chi connectivity index (χ2n) is 4.57. The van der Waals surface area contributed by atoms with Crippen LogP contribution in [0, 0.1) is 5.82 Å². The van der Waals surface area contributed by atoms with E-state index in [2.05, 4.69) is 10.0 Å². The minimum absolute atomic E-state index is 0.123. The van der Waals surface area contributed by atoms with E-state index >= 15 is 0 Å². The number of hydrogen-bond donors (Lipinski definition) is 2. The lowest BCUT2D eigenvalue weighted by Crippen LogP contribution is -2.22. The number of sulfonamides is 1. The molecular formula is C14H15FN2O3S2. The van der Waals surface area contributed by atoms with Crippen molar-refractivity contribution in [2.45, 2.75) is 17.6 Å². The van der Waals surface area contributed by atoms with Crippen LogP contribution in [0.1, 0.15) is 11.8 Å². The van der Waals surface area contributed by atoms with Gasteiger partial charge in [-0.3, -0.25) is 9.52 Å². The van der Waals surface area contributed by atoms with E-state index in [1.54, 1.807) is 6.07 Å². The summed E-state index contributed by atoms with van der Waals surface area (Å²) in [6, 6.07) is 8.32. The molecule has 5 nitrogen and oxygen atoms in total. The lowest BCUT2D eigenvalue weighted by molar-refractivity contribution is -0.118. The third kappa shape index (κ3) is 4.54. The molecule has 0 fully saturated rings. The topological polar surface area (TPSA) is 75.3 Å². The second-order valence-corrected chi connectivity index (χ2v) is 7.64. The number of benzene rings is 1. The molecule has 1 aromatic carbocycles. The maximum atomic E-state index is 12.8. The van der Waals surface area contributed by atoms with Crippen LogP contribution in [0.4, 0.5) is 10.1 Å². The number of halogens is 1. The molecule has 22 heavy (non-hydrogen) atoms. The summed E-state index contributed by atoms with van der Waals surface area (Å²) in [6.07, 6.45) is 0.566. The first-order valence-corrected chi connectivity index (χ1v) is 8.78. The van der Waals surface area contributed by atoms with Crippen molar-refractivity contribution < 1.29 is 17.6 Å². The van der Waals surface area contributed by atoms with Crippen LogP contribution in [-0.2, 0) is 21.2 Å². The highest BCUT2D eigenvalue weighted by Gasteiger charge is 2.17. The Morgan fingerprint density at radius 1 is 1.18 bits per heavy atom. The summed E-state index contributed by atoms with van der Waals surface area (Å²) >= 11 is 1.14. The normalized spacial score (nSPS) is 11.2. The largest absolute Gasteiger partial charge is 0.356 e. The molecule has 1 heterocycles. The Morgan fingerprint density at radius 2 is 1.86 bits per heavy atom. The molecule has 8 heteroatoms. The van der Waals surface area contributed by atoms with Crippen LogP contribution < -0.4 is 10.0 Å². The Kier molecular flexibility index (Phi) is 5.15. The summed E-state index contributed by atoms with van der Waals surface area (Å²) in [7, 11) is -3.69. The molecule has 0 spiro atoms. The van der Waals surface area contributed by atoms with Gasteiger partial charge in [0, 0.05) is 24.0 Å². The van der Waals surface area contributed by atoms with E-state index in [-0.39, 0.29) is 10.1 Å². The number of carbonyl (C=O) groups excluding carboxylic acids is 1. The lowest BCUT2D eigenvalue weighted by Gasteiger charge is -2.05. The average molecular weight is 342 g/mol. The zero-order valence-electron chi connectivity index (χ0n) is 11.8. The first kappa shape index (κ1) is 16.4. The smallest absolute Gasteiger partial charge is 0.271 e. The van der Waals surface area contributed by atoms with Crippen LogP contribution in [-0.4, -0.2) is 20.9 Å². The molecule has 2 aromatic rings. The number of rotatable bonds is 6. The van der Waals surface area contributed by atoms with Crippen molar-refractivity contribution in [3.05, 3.63) is 47.1 Å². The molecule has 0 aliphatic carbocycles. The fourth-order valence-corrected chi connectivity index (χ4v) is 4.14. The van der Waals surface area contributed by atoms with Gasteiger partial charge in [-0.25, -0.2) is 12.8 Å². The maximum Gasteiger partial charge on any atom is 0.271 e. The molecule has 0 aliphatic heterocycles. The van der Waals surface area contributed by atoms with Crippen molar-refractivity contribution >= 4 is 33.0 Å². The molecule has 0 aliphatic rings. The van der Waals surface area contributed by atoms with E-state index in [9.17, 15) is 17.6 Å². The summed E-state index contributed by atoms with van der Waals surface area (Å²) in [5, 5.41) is 2.65. The SMILES string of the molecule is CC(=O)NCCc1ccc(S(=O)(=O)Nc2ccc(F)cc2)s1. The Hall–Kier alpha value is -1.93. The van der Waals surface area contributed by atoms with Gasteiger partial charge in [0.25, 0.3) is 10.0 Å².